The van der Waals surface area contributed by atoms with Crippen LogP contribution in [0.4, 0.5) is 4.39 Å². The number of nitrogens with one attached hydrogen (secondary N) is 1. The van der Waals surface area contributed by atoms with E-state index < -0.39 is 5.91 Å². The standard InChI is InChI=1S/C19H16FN7O/c1-11-6-7-22-18(8-11)27-19(23-17(26-27)10-16(21)28)15-9-14(24-25-15)12-4-2-3-5-13(12)20/h2-9H,10H2,1H3,(H2,21,28)(H,24,25). The molecule has 8 nitrogen and oxygen atoms in total. The number of primary amides is 1. The van der Waals surface area contributed by atoms with Crippen molar-refractivity contribution in [1.82, 2.24) is 29.9 Å². The molecule has 0 atom stereocenters. The molecular weight excluding hydrogens is 361 g/mol. The lowest BCUT2D eigenvalue weighted by Gasteiger charge is -2.04. The Balaban J connectivity index is 1.82. The third-order valence-corrected chi connectivity index (χ3v) is 4.07. The number of benzene rings is 1. The SMILES string of the molecule is Cc1ccnc(-n2nc(CC(N)=O)nc2-c2cc(-c3ccccc3F)n[nH]2)c1. The first kappa shape index (κ1) is 17.5. The Kier molecular flexibility index (Phi) is 4.40. The highest BCUT2D eigenvalue weighted by atomic mass is 19.1. The number of nitrogens with two attached hydrogens (primary N) is 1. The van der Waals surface area contributed by atoms with Crippen LogP contribution in [0.3, 0.4) is 0 Å². The number of aryl methyl sites for hydroxylation is 1. The van der Waals surface area contributed by atoms with E-state index in [1.165, 1.54) is 10.7 Å². The van der Waals surface area contributed by atoms with Gasteiger partial charge in [-0.1, -0.05) is 12.1 Å². The van der Waals surface area contributed by atoms with E-state index in [0.717, 1.165) is 5.56 Å². The highest BCUT2D eigenvalue weighted by Crippen LogP contribution is 2.26. The monoisotopic (exact) mass is 377 g/mol. The predicted molar refractivity (Wildman–Crippen MR) is 99.8 cm³/mol. The number of carbonyl (C=O) groups is 1. The normalized spacial score (nSPS) is 10.9. The van der Waals surface area contributed by atoms with Crippen molar-refractivity contribution in [2.24, 2.45) is 5.73 Å². The van der Waals surface area contributed by atoms with Crippen LogP contribution >= 0.6 is 0 Å². The summed E-state index contributed by atoms with van der Waals surface area (Å²) < 4.78 is 15.6. The molecule has 3 heterocycles. The molecule has 4 aromatic rings. The van der Waals surface area contributed by atoms with Crippen LogP contribution in [-0.2, 0) is 11.2 Å². The molecule has 9 heteroatoms. The molecule has 0 bridgehead atoms. The summed E-state index contributed by atoms with van der Waals surface area (Å²) in [6.45, 7) is 1.93. The second-order valence-corrected chi connectivity index (χ2v) is 6.24. The quantitative estimate of drug-likeness (QED) is 0.553. The van der Waals surface area contributed by atoms with E-state index in [-0.39, 0.29) is 18.1 Å². The maximum Gasteiger partial charge on any atom is 0.225 e. The summed E-state index contributed by atoms with van der Waals surface area (Å²) in [5.41, 5.74) is 7.56. The van der Waals surface area contributed by atoms with E-state index in [0.29, 0.717) is 28.6 Å². The van der Waals surface area contributed by atoms with Crippen molar-refractivity contribution in [3.8, 4) is 28.6 Å². The van der Waals surface area contributed by atoms with Gasteiger partial charge in [0, 0.05) is 11.8 Å². The van der Waals surface area contributed by atoms with E-state index in [9.17, 15) is 9.18 Å². The third-order valence-electron chi connectivity index (χ3n) is 4.07. The zero-order valence-corrected chi connectivity index (χ0v) is 14.9. The van der Waals surface area contributed by atoms with Crippen LogP contribution in [0.15, 0.2) is 48.7 Å². The fourth-order valence-corrected chi connectivity index (χ4v) is 2.80. The average molecular weight is 377 g/mol. The molecule has 0 aliphatic rings. The molecule has 3 aromatic heterocycles. The molecule has 3 N–H and O–H groups in total. The molecule has 1 aromatic carbocycles. The van der Waals surface area contributed by atoms with Gasteiger partial charge in [0.1, 0.15) is 11.5 Å². The Labute approximate surface area is 159 Å². The summed E-state index contributed by atoms with van der Waals surface area (Å²) in [5, 5.41) is 11.4. The molecule has 0 fully saturated rings. The molecule has 28 heavy (non-hydrogen) atoms. The second-order valence-electron chi connectivity index (χ2n) is 6.24. The van der Waals surface area contributed by atoms with Crippen LogP contribution in [0, 0.1) is 12.7 Å². The van der Waals surface area contributed by atoms with Crippen molar-refractivity contribution in [3.05, 3.63) is 65.9 Å². The van der Waals surface area contributed by atoms with Crippen molar-refractivity contribution in [3.63, 3.8) is 0 Å². The maximum atomic E-state index is 14.1. The van der Waals surface area contributed by atoms with Crippen LogP contribution in [-0.4, -0.2) is 35.9 Å². The van der Waals surface area contributed by atoms with Crippen LogP contribution < -0.4 is 5.73 Å². The first-order chi connectivity index (χ1) is 13.5. The molecular formula is C19H16FN7O. The smallest absolute Gasteiger partial charge is 0.225 e. The maximum absolute atomic E-state index is 14.1. The number of rotatable bonds is 5. The lowest BCUT2D eigenvalue weighted by Crippen LogP contribution is -2.14. The first-order valence-corrected chi connectivity index (χ1v) is 8.49. The van der Waals surface area contributed by atoms with Crippen molar-refractivity contribution < 1.29 is 9.18 Å². The average Bonchev–Trinajstić information content (AvgIpc) is 3.28. The molecule has 140 valence electrons. The first-order valence-electron chi connectivity index (χ1n) is 8.49. The van der Waals surface area contributed by atoms with E-state index in [2.05, 4.69) is 25.3 Å². The molecule has 0 spiro atoms. The van der Waals surface area contributed by atoms with Crippen LogP contribution in [0.2, 0.25) is 0 Å². The van der Waals surface area contributed by atoms with Gasteiger partial charge in [-0.05, 0) is 42.8 Å². The number of pyridine rings is 1. The fraction of sp³-hybridized carbons (Fsp3) is 0.105. The number of carbonyl (C=O) groups excluding carboxylic acids is 1. The summed E-state index contributed by atoms with van der Waals surface area (Å²) in [6, 6.07) is 11.7. The largest absolute Gasteiger partial charge is 0.369 e. The van der Waals surface area contributed by atoms with Gasteiger partial charge in [0.05, 0.1) is 12.1 Å². The zero-order valence-electron chi connectivity index (χ0n) is 14.9. The molecule has 4 rings (SSSR count). The summed E-state index contributed by atoms with van der Waals surface area (Å²) >= 11 is 0. The van der Waals surface area contributed by atoms with Gasteiger partial charge in [-0.25, -0.2) is 14.4 Å². The minimum atomic E-state index is -0.544. The van der Waals surface area contributed by atoms with Crippen molar-refractivity contribution in [2.45, 2.75) is 13.3 Å². The van der Waals surface area contributed by atoms with Crippen molar-refractivity contribution in [2.75, 3.05) is 0 Å². The van der Waals surface area contributed by atoms with Gasteiger partial charge < -0.3 is 5.73 Å². The molecule has 0 saturated carbocycles. The second kappa shape index (κ2) is 7.03. The number of aromatic nitrogens is 6. The highest BCUT2D eigenvalue weighted by Gasteiger charge is 2.19. The number of halogens is 1. The molecule has 0 aliphatic carbocycles. The van der Waals surface area contributed by atoms with Gasteiger partial charge in [0.25, 0.3) is 0 Å². The third kappa shape index (κ3) is 3.37. The van der Waals surface area contributed by atoms with E-state index in [1.54, 1.807) is 30.5 Å². The molecule has 0 aliphatic heterocycles. The minimum Gasteiger partial charge on any atom is -0.369 e. The highest BCUT2D eigenvalue weighted by molar-refractivity contribution is 5.76. The number of H-pyrrole nitrogens is 1. The predicted octanol–water partition coefficient (Wildman–Crippen LogP) is 2.19. The summed E-state index contributed by atoms with van der Waals surface area (Å²) in [5.74, 6) is 0.256. The van der Waals surface area contributed by atoms with Gasteiger partial charge in [0.15, 0.2) is 17.5 Å². The Morgan fingerprint density at radius 1 is 1.25 bits per heavy atom. The van der Waals surface area contributed by atoms with Gasteiger partial charge in [-0.15, -0.1) is 5.10 Å². The number of aromatic amines is 1. The van der Waals surface area contributed by atoms with Crippen LogP contribution in [0.5, 0.6) is 0 Å². The Hall–Kier alpha value is -3.88. The number of hydrogen-bond donors (Lipinski definition) is 2. The van der Waals surface area contributed by atoms with E-state index >= 15 is 0 Å². The Morgan fingerprint density at radius 3 is 2.82 bits per heavy atom. The van der Waals surface area contributed by atoms with Crippen molar-refractivity contribution >= 4 is 5.91 Å². The number of nitrogens with zero attached hydrogens (tertiary/aromatic N) is 5. The van der Waals surface area contributed by atoms with E-state index in [1.807, 2.05) is 19.1 Å². The van der Waals surface area contributed by atoms with E-state index in [4.69, 9.17) is 5.73 Å². The van der Waals surface area contributed by atoms with Gasteiger partial charge >= 0.3 is 0 Å². The molecule has 0 unspecified atom stereocenters. The van der Waals surface area contributed by atoms with Crippen molar-refractivity contribution in [1.29, 1.82) is 0 Å². The lowest BCUT2D eigenvalue weighted by molar-refractivity contribution is -0.117. The number of hydrogen-bond acceptors (Lipinski definition) is 5. The summed E-state index contributed by atoms with van der Waals surface area (Å²) in [7, 11) is 0. The minimum absolute atomic E-state index is 0.111. The summed E-state index contributed by atoms with van der Waals surface area (Å²) in [6.07, 6.45) is 1.54. The van der Waals surface area contributed by atoms with Crippen LogP contribution in [0.25, 0.3) is 28.6 Å². The Morgan fingerprint density at radius 2 is 2.07 bits per heavy atom. The van der Waals surface area contributed by atoms with Gasteiger partial charge in [-0.2, -0.15) is 9.78 Å². The van der Waals surface area contributed by atoms with Gasteiger partial charge in [-0.3, -0.25) is 9.89 Å². The number of amides is 1. The summed E-state index contributed by atoms with van der Waals surface area (Å²) in [4.78, 5) is 20.0. The molecule has 0 radical (unpaired) electrons. The lowest BCUT2D eigenvalue weighted by atomic mass is 10.1. The fourth-order valence-electron chi connectivity index (χ4n) is 2.80. The topological polar surface area (TPSA) is 115 Å². The Bertz CT molecular complexity index is 1160. The molecule has 1 amide bonds. The van der Waals surface area contributed by atoms with Gasteiger partial charge in [0.2, 0.25) is 5.91 Å². The molecule has 0 saturated heterocycles. The zero-order chi connectivity index (χ0) is 19.7. The van der Waals surface area contributed by atoms with Crippen LogP contribution in [0.1, 0.15) is 11.4 Å².